The zero-order chi connectivity index (χ0) is 18.9. The van der Waals surface area contributed by atoms with Crippen molar-refractivity contribution in [3.63, 3.8) is 0 Å². The van der Waals surface area contributed by atoms with Gasteiger partial charge in [-0.3, -0.25) is 4.79 Å². The second-order valence-electron chi connectivity index (χ2n) is 6.43. The summed E-state index contributed by atoms with van der Waals surface area (Å²) in [7, 11) is 0. The van der Waals surface area contributed by atoms with E-state index in [2.05, 4.69) is 11.4 Å². The number of nitrogens with one attached hydrogen (secondary N) is 1. The highest BCUT2D eigenvalue weighted by atomic mass is 35.5. The van der Waals surface area contributed by atoms with Crippen molar-refractivity contribution in [2.75, 3.05) is 6.54 Å². The molecular weight excluding hydrogens is 350 g/mol. The number of carbonyl (C=O) groups is 1. The summed E-state index contributed by atoms with van der Waals surface area (Å²) in [5.41, 5.74) is 1.20. The predicted octanol–water partition coefficient (Wildman–Crippen LogP) is 4.64. The number of amides is 1. The molecule has 140 valence electrons. The fourth-order valence-corrected chi connectivity index (χ4v) is 2.67. The van der Waals surface area contributed by atoms with E-state index in [1.54, 1.807) is 31.2 Å². The van der Waals surface area contributed by atoms with Gasteiger partial charge >= 0.3 is 0 Å². The maximum atomic E-state index is 12.1. The molecule has 2 aromatic rings. The van der Waals surface area contributed by atoms with Crippen LogP contribution in [0.1, 0.15) is 32.8 Å². The lowest BCUT2D eigenvalue weighted by molar-refractivity contribution is -0.127. The van der Waals surface area contributed by atoms with Crippen LogP contribution in [0.2, 0.25) is 5.02 Å². The first kappa shape index (κ1) is 20.1. The van der Waals surface area contributed by atoms with Gasteiger partial charge in [-0.1, -0.05) is 29.8 Å². The average molecular weight is 376 g/mol. The van der Waals surface area contributed by atoms with E-state index in [1.807, 2.05) is 32.0 Å². The van der Waals surface area contributed by atoms with E-state index in [0.717, 1.165) is 18.6 Å². The van der Waals surface area contributed by atoms with Crippen LogP contribution in [0.25, 0.3) is 0 Å². The molecule has 0 spiro atoms. The number of ether oxygens (including phenoxy) is 2. The third-order valence-corrected chi connectivity index (χ3v) is 3.92. The molecule has 1 amide bonds. The van der Waals surface area contributed by atoms with Crippen molar-refractivity contribution >= 4 is 17.5 Å². The van der Waals surface area contributed by atoms with Gasteiger partial charge in [-0.2, -0.15) is 0 Å². The number of carbonyl (C=O) groups excluding carboxylic acids is 1. The normalized spacial score (nSPS) is 11.9. The summed E-state index contributed by atoms with van der Waals surface area (Å²) in [6.07, 6.45) is 1.31. The minimum Gasteiger partial charge on any atom is -0.491 e. The van der Waals surface area contributed by atoms with E-state index < -0.39 is 6.10 Å². The van der Waals surface area contributed by atoms with Crippen LogP contribution in [0.5, 0.6) is 11.5 Å². The van der Waals surface area contributed by atoms with Gasteiger partial charge in [-0.25, -0.2) is 0 Å². The molecule has 0 fully saturated rings. The summed E-state index contributed by atoms with van der Waals surface area (Å²) in [5.74, 6) is 1.33. The second kappa shape index (κ2) is 10.1. The van der Waals surface area contributed by atoms with Crippen molar-refractivity contribution in [1.82, 2.24) is 5.32 Å². The highest BCUT2D eigenvalue weighted by Crippen LogP contribution is 2.18. The quantitative estimate of drug-likeness (QED) is 0.649. The van der Waals surface area contributed by atoms with E-state index in [0.29, 0.717) is 17.3 Å². The number of hydrogen-bond donors (Lipinski definition) is 1. The fourth-order valence-electron chi connectivity index (χ4n) is 2.49. The molecule has 1 N–H and O–H groups in total. The standard InChI is InChI=1S/C21H26ClNO3/c1-15(2)25-19-10-4-7-17(13-19)8-6-12-23-21(24)16(3)26-20-11-5-9-18(22)14-20/h4-5,7,9-11,13-16H,6,8,12H2,1-3H3,(H,23,24). The largest absolute Gasteiger partial charge is 0.491 e. The Balaban J connectivity index is 1.72. The van der Waals surface area contributed by atoms with E-state index in [-0.39, 0.29) is 12.0 Å². The molecule has 1 atom stereocenters. The number of rotatable bonds is 9. The third kappa shape index (κ3) is 6.96. The van der Waals surface area contributed by atoms with Gasteiger partial charge in [0, 0.05) is 11.6 Å². The van der Waals surface area contributed by atoms with Gasteiger partial charge in [0.25, 0.3) is 5.91 Å². The Hall–Kier alpha value is -2.20. The van der Waals surface area contributed by atoms with Crippen molar-refractivity contribution in [2.24, 2.45) is 0 Å². The molecule has 0 radical (unpaired) electrons. The Kier molecular flexibility index (Phi) is 7.79. The van der Waals surface area contributed by atoms with Crippen LogP contribution in [0.15, 0.2) is 48.5 Å². The van der Waals surface area contributed by atoms with Crippen LogP contribution >= 0.6 is 11.6 Å². The lowest BCUT2D eigenvalue weighted by atomic mass is 10.1. The Morgan fingerprint density at radius 2 is 1.73 bits per heavy atom. The Morgan fingerprint density at radius 1 is 1.04 bits per heavy atom. The summed E-state index contributed by atoms with van der Waals surface area (Å²) in [6.45, 7) is 6.34. The second-order valence-corrected chi connectivity index (χ2v) is 6.86. The van der Waals surface area contributed by atoms with Crippen LogP contribution < -0.4 is 14.8 Å². The Morgan fingerprint density at radius 3 is 2.42 bits per heavy atom. The molecule has 0 heterocycles. The van der Waals surface area contributed by atoms with Crippen molar-refractivity contribution in [2.45, 2.75) is 45.8 Å². The topological polar surface area (TPSA) is 47.6 Å². The monoisotopic (exact) mass is 375 g/mol. The van der Waals surface area contributed by atoms with Crippen LogP contribution in [0.3, 0.4) is 0 Å². The van der Waals surface area contributed by atoms with Gasteiger partial charge in [0.1, 0.15) is 11.5 Å². The number of aryl methyl sites for hydroxylation is 1. The molecular formula is C21H26ClNO3. The molecule has 5 heteroatoms. The first-order valence-electron chi connectivity index (χ1n) is 8.89. The first-order valence-corrected chi connectivity index (χ1v) is 9.27. The molecule has 1 unspecified atom stereocenters. The highest BCUT2D eigenvalue weighted by molar-refractivity contribution is 6.30. The summed E-state index contributed by atoms with van der Waals surface area (Å²) in [5, 5.41) is 3.49. The maximum absolute atomic E-state index is 12.1. The molecule has 0 aliphatic carbocycles. The van der Waals surface area contributed by atoms with Crippen LogP contribution in [-0.2, 0) is 11.2 Å². The molecule has 0 aliphatic rings. The summed E-state index contributed by atoms with van der Waals surface area (Å²) in [6, 6.07) is 15.1. The van der Waals surface area contributed by atoms with E-state index in [4.69, 9.17) is 21.1 Å². The molecule has 0 bridgehead atoms. The summed E-state index contributed by atoms with van der Waals surface area (Å²) < 4.78 is 11.3. The summed E-state index contributed by atoms with van der Waals surface area (Å²) in [4.78, 5) is 12.1. The van der Waals surface area contributed by atoms with Crippen molar-refractivity contribution in [3.8, 4) is 11.5 Å². The molecule has 0 aliphatic heterocycles. The highest BCUT2D eigenvalue weighted by Gasteiger charge is 2.14. The maximum Gasteiger partial charge on any atom is 0.260 e. The SMILES string of the molecule is CC(C)Oc1cccc(CCCNC(=O)C(C)Oc2cccc(Cl)c2)c1. The van der Waals surface area contributed by atoms with E-state index >= 15 is 0 Å². The van der Waals surface area contributed by atoms with E-state index in [9.17, 15) is 4.79 Å². The number of halogens is 1. The Bertz CT molecular complexity index is 718. The van der Waals surface area contributed by atoms with Gasteiger partial charge in [-0.05, 0) is 69.5 Å². The summed E-state index contributed by atoms with van der Waals surface area (Å²) >= 11 is 5.92. The molecule has 26 heavy (non-hydrogen) atoms. The van der Waals surface area contributed by atoms with Crippen molar-refractivity contribution < 1.29 is 14.3 Å². The zero-order valence-corrected chi connectivity index (χ0v) is 16.3. The molecule has 2 aromatic carbocycles. The lowest BCUT2D eigenvalue weighted by Gasteiger charge is -2.15. The minimum absolute atomic E-state index is 0.137. The molecule has 0 aromatic heterocycles. The zero-order valence-electron chi connectivity index (χ0n) is 15.5. The fraction of sp³-hybridized carbons (Fsp3) is 0.381. The van der Waals surface area contributed by atoms with Gasteiger partial charge in [0.05, 0.1) is 6.10 Å². The smallest absolute Gasteiger partial charge is 0.260 e. The number of hydrogen-bond acceptors (Lipinski definition) is 3. The molecule has 0 saturated heterocycles. The van der Waals surface area contributed by atoms with Crippen LogP contribution in [-0.4, -0.2) is 24.7 Å². The molecule has 0 saturated carbocycles. The van der Waals surface area contributed by atoms with E-state index in [1.165, 1.54) is 5.56 Å². The van der Waals surface area contributed by atoms with Gasteiger partial charge < -0.3 is 14.8 Å². The van der Waals surface area contributed by atoms with Crippen molar-refractivity contribution in [3.05, 3.63) is 59.1 Å². The van der Waals surface area contributed by atoms with Crippen LogP contribution in [0, 0.1) is 0 Å². The van der Waals surface area contributed by atoms with Gasteiger partial charge in [0.15, 0.2) is 6.10 Å². The molecule has 4 nitrogen and oxygen atoms in total. The lowest BCUT2D eigenvalue weighted by Crippen LogP contribution is -2.36. The van der Waals surface area contributed by atoms with Crippen molar-refractivity contribution in [1.29, 1.82) is 0 Å². The minimum atomic E-state index is -0.573. The Labute approximate surface area is 160 Å². The first-order chi connectivity index (χ1) is 12.4. The van der Waals surface area contributed by atoms with Gasteiger partial charge in [0.2, 0.25) is 0 Å². The predicted molar refractivity (Wildman–Crippen MR) is 105 cm³/mol. The third-order valence-electron chi connectivity index (χ3n) is 3.69. The number of benzene rings is 2. The van der Waals surface area contributed by atoms with Gasteiger partial charge in [-0.15, -0.1) is 0 Å². The molecule has 2 rings (SSSR count). The van der Waals surface area contributed by atoms with Crippen LogP contribution in [0.4, 0.5) is 0 Å². The average Bonchev–Trinajstić information content (AvgIpc) is 2.58.